The van der Waals surface area contributed by atoms with E-state index >= 15 is 0 Å². The summed E-state index contributed by atoms with van der Waals surface area (Å²) in [5.74, 6) is 0.139. The maximum atomic E-state index is 14.2. The van der Waals surface area contributed by atoms with E-state index in [-0.39, 0.29) is 29.0 Å². The molecule has 1 aliphatic rings. The molecule has 4 rings (SSSR count). The Morgan fingerprint density at radius 3 is 2.28 bits per heavy atom. The van der Waals surface area contributed by atoms with Crippen molar-refractivity contribution >= 4 is 50.7 Å². The van der Waals surface area contributed by atoms with Crippen LogP contribution in [0.5, 0.6) is 11.5 Å². The number of nitrogens with zero attached hydrogens (tertiary/aromatic N) is 2. The van der Waals surface area contributed by atoms with Crippen LogP contribution < -0.4 is 19.1 Å². The molecule has 3 aromatic carbocycles. The van der Waals surface area contributed by atoms with Crippen LogP contribution in [0.25, 0.3) is 0 Å². The predicted molar refractivity (Wildman–Crippen MR) is 167 cm³/mol. The molecule has 12 heteroatoms. The van der Waals surface area contributed by atoms with Gasteiger partial charge in [0.05, 0.1) is 20.6 Å². The Morgan fingerprint density at radius 1 is 0.930 bits per heavy atom. The van der Waals surface area contributed by atoms with Gasteiger partial charge in [-0.3, -0.25) is 13.9 Å². The van der Waals surface area contributed by atoms with E-state index in [1.807, 2.05) is 13.8 Å². The van der Waals surface area contributed by atoms with Crippen molar-refractivity contribution in [2.75, 3.05) is 30.6 Å². The molecule has 0 radical (unpaired) electrons. The first-order valence-electron chi connectivity index (χ1n) is 14.0. The molecule has 1 aliphatic heterocycles. The van der Waals surface area contributed by atoms with Crippen molar-refractivity contribution in [1.29, 1.82) is 0 Å². The highest BCUT2D eigenvalue weighted by atomic mass is 35.5. The number of fused-ring (bicyclic) bond motifs is 1. The molecule has 2 amide bonds. The van der Waals surface area contributed by atoms with E-state index in [2.05, 4.69) is 5.32 Å². The lowest BCUT2D eigenvalue weighted by Crippen LogP contribution is -2.52. The highest BCUT2D eigenvalue weighted by Crippen LogP contribution is 2.36. The molecule has 9 nitrogen and oxygen atoms in total. The van der Waals surface area contributed by atoms with Gasteiger partial charge < -0.3 is 19.7 Å². The SMILES string of the molecule is CC[C@@H](C(=O)NCC(C)C)N(Cc1ccc(Cl)c(Cl)c1)C(=O)CN(c1ccc2c(c1)OCCO2)S(=O)(=O)c1ccccc1. The highest BCUT2D eigenvalue weighted by molar-refractivity contribution is 7.92. The van der Waals surface area contributed by atoms with E-state index in [0.717, 1.165) is 4.31 Å². The fourth-order valence-corrected chi connectivity index (χ4v) is 6.36. The first kappa shape index (κ1) is 32.4. The fraction of sp³-hybridized carbons (Fsp3) is 0.355. The predicted octanol–water partition coefficient (Wildman–Crippen LogP) is 5.54. The molecule has 0 spiro atoms. The Hall–Kier alpha value is -3.47. The topological polar surface area (TPSA) is 105 Å². The van der Waals surface area contributed by atoms with Crippen LogP contribution in [0.4, 0.5) is 5.69 Å². The van der Waals surface area contributed by atoms with E-state index in [4.69, 9.17) is 32.7 Å². The number of nitrogens with one attached hydrogen (secondary N) is 1. The average molecular weight is 649 g/mol. The normalized spacial score (nSPS) is 13.3. The zero-order chi connectivity index (χ0) is 31.1. The Morgan fingerprint density at radius 2 is 1.63 bits per heavy atom. The fourth-order valence-electron chi connectivity index (χ4n) is 4.61. The molecule has 3 aromatic rings. The summed E-state index contributed by atoms with van der Waals surface area (Å²) < 4.78 is 40.4. The number of anilines is 1. The third-order valence-corrected chi connectivity index (χ3v) is 9.36. The molecule has 1 heterocycles. The van der Waals surface area contributed by atoms with Crippen molar-refractivity contribution in [3.63, 3.8) is 0 Å². The number of amides is 2. The van der Waals surface area contributed by atoms with Crippen LogP contribution in [-0.2, 0) is 26.2 Å². The smallest absolute Gasteiger partial charge is 0.264 e. The second-order valence-electron chi connectivity index (χ2n) is 10.5. The van der Waals surface area contributed by atoms with Crippen molar-refractivity contribution in [3.8, 4) is 11.5 Å². The third kappa shape index (κ3) is 7.93. The van der Waals surface area contributed by atoms with E-state index in [0.29, 0.717) is 53.3 Å². The van der Waals surface area contributed by atoms with Gasteiger partial charge in [0.15, 0.2) is 11.5 Å². The number of sulfonamides is 1. The van der Waals surface area contributed by atoms with Crippen LogP contribution in [-0.4, -0.2) is 57.5 Å². The van der Waals surface area contributed by atoms with E-state index in [1.165, 1.54) is 23.1 Å². The Labute approximate surface area is 262 Å². The molecule has 0 aromatic heterocycles. The number of halogens is 2. The van der Waals surface area contributed by atoms with Gasteiger partial charge in [-0.1, -0.05) is 68.2 Å². The summed E-state index contributed by atoms with van der Waals surface area (Å²) in [6.07, 6.45) is 0.298. The molecule has 0 bridgehead atoms. The molecule has 0 saturated carbocycles. The lowest BCUT2D eigenvalue weighted by Gasteiger charge is -2.33. The number of hydrogen-bond acceptors (Lipinski definition) is 6. The highest BCUT2D eigenvalue weighted by Gasteiger charge is 2.34. The Kier molecular flexibility index (Phi) is 10.8. The van der Waals surface area contributed by atoms with Gasteiger partial charge >= 0.3 is 0 Å². The number of hydrogen-bond donors (Lipinski definition) is 1. The van der Waals surface area contributed by atoms with Gasteiger partial charge in [0.25, 0.3) is 10.0 Å². The van der Waals surface area contributed by atoms with Crippen LogP contribution in [0.1, 0.15) is 32.8 Å². The summed E-state index contributed by atoms with van der Waals surface area (Å²) >= 11 is 12.4. The molecule has 0 aliphatic carbocycles. The Balaban J connectivity index is 1.75. The molecule has 1 atom stereocenters. The van der Waals surface area contributed by atoms with Crippen LogP contribution >= 0.6 is 23.2 Å². The number of carbonyl (C=O) groups excluding carboxylic acids is 2. The molecule has 0 unspecified atom stereocenters. The summed E-state index contributed by atoms with van der Waals surface area (Å²) in [7, 11) is -4.22. The maximum Gasteiger partial charge on any atom is 0.264 e. The van der Waals surface area contributed by atoms with Gasteiger partial charge in [-0.15, -0.1) is 0 Å². The minimum Gasteiger partial charge on any atom is -0.486 e. The van der Waals surface area contributed by atoms with Gasteiger partial charge in [0.2, 0.25) is 11.8 Å². The molecule has 0 fully saturated rings. The van der Waals surface area contributed by atoms with Crippen molar-refractivity contribution in [2.24, 2.45) is 5.92 Å². The minimum absolute atomic E-state index is 0.00366. The van der Waals surface area contributed by atoms with E-state index < -0.39 is 28.5 Å². The molecule has 1 N–H and O–H groups in total. The van der Waals surface area contributed by atoms with Gasteiger partial charge in [-0.2, -0.15) is 0 Å². The first-order chi connectivity index (χ1) is 20.5. The molecule has 43 heavy (non-hydrogen) atoms. The van der Waals surface area contributed by atoms with Gasteiger partial charge in [-0.05, 0) is 54.3 Å². The van der Waals surface area contributed by atoms with Crippen LogP contribution in [0.2, 0.25) is 10.0 Å². The van der Waals surface area contributed by atoms with Gasteiger partial charge in [0.1, 0.15) is 25.8 Å². The van der Waals surface area contributed by atoms with Crippen molar-refractivity contribution in [2.45, 2.75) is 44.7 Å². The largest absolute Gasteiger partial charge is 0.486 e. The number of ether oxygens (including phenoxy) is 2. The van der Waals surface area contributed by atoms with Crippen molar-refractivity contribution in [3.05, 3.63) is 82.3 Å². The first-order valence-corrected chi connectivity index (χ1v) is 16.2. The van der Waals surface area contributed by atoms with Crippen molar-refractivity contribution in [1.82, 2.24) is 10.2 Å². The Bertz CT molecular complexity index is 1550. The zero-order valence-corrected chi connectivity index (χ0v) is 26.6. The summed E-state index contributed by atoms with van der Waals surface area (Å²) in [5.41, 5.74) is 0.850. The number of carbonyl (C=O) groups is 2. The minimum atomic E-state index is -4.22. The monoisotopic (exact) mass is 647 g/mol. The average Bonchev–Trinajstić information content (AvgIpc) is 3.00. The van der Waals surface area contributed by atoms with Crippen molar-refractivity contribution < 1.29 is 27.5 Å². The summed E-state index contributed by atoms with van der Waals surface area (Å²) in [6, 6.07) is 16.7. The second-order valence-corrected chi connectivity index (χ2v) is 13.2. The van der Waals surface area contributed by atoms with Gasteiger partial charge in [-0.25, -0.2) is 8.42 Å². The lowest BCUT2D eigenvalue weighted by atomic mass is 10.1. The molecule has 230 valence electrons. The lowest BCUT2D eigenvalue weighted by molar-refractivity contribution is -0.140. The standard InChI is InChI=1S/C31H35Cl2N3O6S/c1-4-27(31(38)34-18-21(2)3)35(19-22-10-12-25(32)26(33)16-22)30(37)20-36(43(39,40)24-8-6-5-7-9-24)23-11-13-28-29(17-23)42-15-14-41-28/h5-13,16-17,21,27H,4,14-15,18-20H2,1-3H3,(H,34,38)/t27-/m0/s1. The van der Waals surface area contributed by atoms with E-state index in [9.17, 15) is 18.0 Å². The summed E-state index contributed by atoms with van der Waals surface area (Å²) in [5, 5.41) is 3.56. The second kappa shape index (κ2) is 14.3. The van der Waals surface area contributed by atoms with Crippen LogP contribution in [0.3, 0.4) is 0 Å². The molecule has 0 saturated heterocycles. The van der Waals surface area contributed by atoms with Crippen LogP contribution in [0.15, 0.2) is 71.6 Å². The number of benzene rings is 3. The third-order valence-electron chi connectivity index (χ3n) is 6.83. The van der Waals surface area contributed by atoms with Crippen LogP contribution in [0, 0.1) is 5.92 Å². The summed E-state index contributed by atoms with van der Waals surface area (Å²) in [6.45, 7) is 6.28. The van der Waals surface area contributed by atoms with Gasteiger partial charge in [0, 0.05) is 19.2 Å². The number of rotatable bonds is 12. The summed E-state index contributed by atoms with van der Waals surface area (Å²) in [4.78, 5) is 29.0. The van der Waals surface area contributed by atoms with E-state index in [1.54, 1.807) is 55.5 Å². The molecular formula is C31H35Cl2N3O6S. The quantitative estimate of drug-likeness (QED) is 0.277. The maximum absolute atomic E-state index is 14.2. The zero-order valence-electron chi connectivity index (χ0n) is 24.3. The molecular weight excluding hydrogens is 613 g/mol.